The molecule has 0 aliphatic rings. The Morgan fingerprint density at radius 1 is 1.00 bits per heavy atom. The maximum absolute atomic E-state index is 11.5. The van der Waals surface area contributed by atoms with Crippen LogP contribution in [0.5, 0.6) is 0 Å². The molecule has 0 aliphatic carbocycles. The molecule has 0 unspecified atom stereocenters. The number of hydrogen-bond acceptors (Lipinski definition) is 2. The SMILES string of the molecule is Cl.O=C(NCCCl)Nc1ccc(N(CCCl)CCCl)cc1. The number of urea groups is 1. The van der Waals surface area contributed by atoms with E-state index >= 15 is 0 Å². The van der Waals surface area contributed by atoms with Gasteiger partial charge in [-0.3, -0.25) is 0 Å². The van der Waals surface area contributed by atoms with E-state index in [2.05, 4.69) is 15.5 Å². The van der Waals surface area contributed by atoms with Crippen LogP contribution in [-0.4, -0.2) is 43.3 Å². The summed E-state index contributed by atoms with van der Waals surface area (Å²) in [5, 5.41) is 5.36. The molecule has 0 atom stereocenters. The molecule has 2 N–H and O–H groups in total. The van der Waals surface area contributed by atoms with Crippen LogP contribution in [-0.2, 0) is 0 Å². The van der Waals surface area contributed by atoms with Gasteiger partial charge in [-0.05, 0) is 24.3 Å². The molecule has 0 saturated carbocycles. The lowest BCUT2D eigenvalue weighted by Gasteiger charge is -2.23. The van der Waals surface area contributed by atoms with E-state index in [9.17, 15) is 4.79 Å². The van der Waals surface area contributed by atoms with Crippen molar-refractivity contribution in [3.63, 3.8) is 0 Å². The van der Waals surface area contributed by atoms with Crippen LogP contribution >= 0.6 is 47.2 Å². The Kier molecular flexibility index (Phi) is 11.7. The molecule has 0 bridgehead atoms. The van der Waals surface area contributed by atoms with Crippen molar-refractivity contribution in [2.24, 2.45) is 0 Å². The third-order valence-electron chi connectivity index (χ3n) is 2.58. The summed E-state index contributed by atoms with van der Waals surface area (Å²) in [6, 6.07) is 7.26. The topological polar surface area (TPSA) is 44.4 Å². The van der Waals surface area contributed by atoms with Crippen LogP contribution in [0.2, 0.25) is 0 Å². The first-order chi connectivity index (χ1) is 9.71. The lowest BCUT2D eigenvalue weighted by Crippen LogP contribution is -2.30. The molecule has 21 heavy (non-hydrogen) atoms. The number of anilines is 2. The van der Waals surface area contributed by atoms with Gasteiger partial charge in [0, 0.05) is 48.6 Å². The highest BCUT2D eigenvalue weighted by Crippen LogP contribution is 2.18. The Balaban J connectivity index is 0.00000400. The summed E-state index contributed by atoms with van der Waals surface area (Å²) in [6.07, 6.45) is 0. The van der Waals surface area contributed by atoms with E-state index < -0.39 is 0 Å². The highest BCUT2D eigenvalue weighted by molar-refractivity contribution is 6.18. The van der Waals surface area contributed by atoms with Crippen LogP contribution in [0.15, 0.2) is 24.3 Å². The second-order valence-corrected chi connectivity index (χ2v) is 5.12. The van der Waals surface area contributed by atoms with E-state index in [1.54, 1.807) is 0 Å². The first kappa shape index (κ1) is 20.5. The van der Waals surface area contributed by atoms with Gasteiger partial charge in [0.25, 0.3) is 0 Å². The standard InChI is InChI=1S/C13H18Cl3N3O.ClH/c14-5-8-17-13(20)18-11-1-3-12(4-2-11)19(9-6-15)10-7-16;/h1-4H,5-10H2,(H2,17,18,20);1H. The molecule has 0 aromatic heterocycles. The molecule has 0 aliphatic heterocycles. The van der Waals surface area contributed by atoms with Crippen molar-refractivity contribution in [1.29, 1.82) is 0 Å². The van der Waals surface area contributed by atoms with Gasteiger partial charge in [0.2, 0.25) is 0 Å². The molecule has 4 nitrogen and oxygen atoms in total. The minimum absolute atomic E-state index is 0. The number of hydrogen-bond donors (Lipinski definition) is 2. The van der Waals surface area contributed by atoms with Crippen LogP contribution in [0.25, 0.3) is 0 Å². The largest absolute Gasteiger partial charge is 0.369 e. The van der Waals surface area contributed by atoms with E-state index in [0.29, 0.717) is 24.2 Å². The molecule has 8 heteroatoms. The van der Waals surface area contributed by atoms with E-state index in [1.165, 1.54) is 0 Å². The number of nitrogens with one attached hydrogen (secondary N) is 2. The summed E-state index contributed by atoms with van der Waals surface area (Å²) >= 11 is 17.0. The second-order valence-electron chi connectivity index (χ2n) is 3.98. The van der Waals surface area contributed by atoms with Crippen molar-refractivity contribution in [2.45, 2.75) is 0 Å². The van der Waals surface area contributed by atoms with Crippen molar-refractivity contribution >= 4 is 64.6 Å². The predicted octanol–water partition coefficient (Wildman–Crippen LogP) is 3.75. The second kappa shape index (κ2) is 12.0. The fourth-order valence-electron chi connectivity index (χ4n) is 1.67. The molecule has 2 amide bonds. The van der Waals surface area contributed by atoms with Gasteiger partial charge in [0.15, 0.2) is 0 Å². The Morgan fingerprint density at radius 3 is 2.05 bits per heavy atom. The molecule has 0 saturated heterocycles. The van der Waals surface area contributed by atoms with Gasteiger partial charge in [-0.2, -0.15) is 0 Å². The van der Waals surface area contributed by atoms with Crippen LogP contribution in [0.1, 0.15) is 0 Å². The molecular formula is C13H19Cl4N3O. The van der Waals surface area contributed by atoms with Crippen LogP contribution in [0, 0.1) is 0 Å². The van der Waals surface area contributed by atoms with Crippen molar-refractivity contribution < 1.29 is 4.79 Å². The maximum Gasteiger partial charge on any atom is 0.319 e. The van der Waals surface area contributed by atoms with Crippen LogP contribution in [0.3, 0.4) is 0 Å². The van der Waals surface area contributed by atoms with Gasteiger partial charge in [-0.1, -0.05) is 0 Å². The zero-order chi connectivity index (χ0) is 14.8. The molecule has 1 rings (SSSR count). The first-order valence-electron chi connectivity index (χ1n) is 6.29. The molecule has 0 fully saturated rings. The average Bonchev–Trinajstić information content (AvgIpc) is 2.46. The molecule has 0 heterocycles. The van der Waals surface area contributed by atoms with Gasteiger partial charge in [0.05, 0.1) is 0 Å². The summed E-state index contributed by atoms with van der Waals surface area (Å²) in [7, 11) is 0. The molecule has 0 spiro atoms. The highest BCUT2D eigenvalue weighted by Gasteiger charge is 2.06. The van der Waals surface area contributed by atoms with Crippen molar-refractivity contribution in [3.05, 3.63) is 24.3 Å². The predicted molar refractivity (Wildman–Crippen MR) is 95.1 cm³/mol. The smallest absolute Gasteiger partial charge is 0.319 e. The van der Waals surface area contributed by atoms with Crippen molar-refractivity contribution in [3.8, 4) is 0 Å². The summed E-state index contributed by atoms with van der Waals surface area (Å²) in [6.45, 7) is 1.90. The van der Waals surface area contributed by atoms with E-state index in [1.807, 2.05) is 24.3 Å². The lowest BCUT2D eigenvalue weighted by atomic mass is 10.2. The fraction of sp³-hybridized carbons (Fsp3) is 0.462. The molecule has 1 aromatic rings. The van der Waals surface area contributed by atoms with Gasteiger partial charge < -0.3 is 15.5 Å². The highest BCUT2D eigenvalue weighted by atomic mass is 35.5. The summed E-state index contributed by atoms with van der Waals surface area (Å²) in [5.74, 6) is 1.47. The number of benzene rings is 1. The van der Waals surface area contributed by atoms with Crippen molar-refractivity contribution in [2.75, 3.05) is 47.5 Å². The number of amides is 2. The third kappa shape index (κ3) is 7.86. The van der Waals surface area contributed by atoms with Gasteiger partial charge in [0.1, 0.15) is 0 Å². The number of rotatable bonds is 8. The lowest BCUT2D eigenvalue weighted by molar-refractivity contribution is 0.252. The number of carbonyl (C=O) groups is 1. The zero-order valence-corrected chi connectivity index (χ0v) is 14.5. The van der Waals surface area contributed by atoms with Crippen molar-refractivity contribution in [1.82, 2.24) is 5.32 Å². The van der Waals surface area contributed by atoms with Crippen LogP contribution < -0.4 is 15.5 Å². The number of nitrogens with zero attached hydrogens (tertiary/aromatic N) is 1. The van der Waals surface area contributed by atoms with E-state index in [-0.39, 0.29) is 18.4 Å². The van der Waals surface area contributed by atoms with E-state index in [0.717, 1.165) is 24.5 Å². The van der Waals surface area contributed by atoms with Gasteiger partial charge in [-0.15, -0.1) is 47.2 Å². The molecule has 1 aromatic carbocycles. The first-order valence-corrected chi connectivity index (χ1v) is 7.89. The molecule has 0 radical (unpaired) electrons. The van der Waals surface area contributed by atoms with Gasteiger partial charge >= 0.3 is 6.03 Å². The van der Waals surface area contributed by atoms with E-state index in [4.69, 9.17) is 34.8 Å². The number of carbonyl (C=O) groups excluding carboxylic acids is 1. The quantitative estimate of drug-likeness (QED) is 0.680. The maximum atomic E-state index is 11.5. The van der Waals surface area contributed by atoms with Gasteiger partial charge in [-0.25, -0.2) is 4.79 Å². The Morgan fingerprint density at radius 2 is 1.57 bits per heavy atom. The monoisotopic (exact) mass is 373 g/mol. The average molecular weight is 375 g/mol. The summed E-state index contributed by atoms with van der Waals surface area (Å²) in [5.41, 5.74) is 1.75. The molecular weight excluding hydrogens is 356 g/mol. The molecule has 120 valence electrons. The summed E-state index contributed by atoms with van der Waals surface area (Å²) < 4.78 is 0. The number of alkyl halides is 3. The fourth-order valence-corrected chi connectivity index (χ4v) is 2.17. The Bertz CT molecular complexity index is 397. The summed E-state index contributed by atoms with van der Waals surface area (Å²) in [4.78, 5) is 13.6. The minimum atomic E-state index is -0.267. The zero-order valence-electron chi connectivity index (χ0n) is 11.4. The minimum Gasteiger partial charge on any atom is -0.369 e. The number of halogens is 4. The Labute approximate surface area is 146 Å². The van der Waals surface area contributed by atoms with Crippen LogP contribution in [0.4, 0.5) is 16.2 Å². The normalized spacial score (nSPS) is 9.67. The third-order valence-corrected chi connectivity index (χ3v) is 3.11. The Hall–Kier alpha value is -0.550.